The zero-order valence-electron chi connectivity index (χ0n) is 12.3. The molecule has 21 heavy (non-hydrogen) atoms. The van der Waals surface area contributed by atoms with E-state index in [1.54, 1.807) is 6.07 Å². The van der Waals surface area contributed by atoms with Crippen molar-refractivity contribution in [3.63, 3.8) is 0 Å². The Hall–Kier alpha value is -0.500. The molecule has 1 heterocycles. The van der Waals surface area contributed by atoms with Gasteiger partial charge in [-0.25, -0.2) is 4.39 Å². The third-order valence-electron chi connectivity index (χ3n) is 3.19. The van der Waals surface area contributed by atoms with Crippen molar-refractivity contribution in [1.82, 2.24) is 10.2 Å². The van der Waals surface area contributed by atoms with E-state index in [1.807, 2.05) is 12.1 Å². The Balaban J connectivity index is 0.00000220. The number of nitrogens with zero attached hydrogens (tertiary/aromatic N) is 2. The molecule has 1 aromatic rings. The van der Waals surface area contributed by atoms with Gasteiger partial charge < -0.3 is 10.2 Å². The predicted octanol–water partition coefficient (Wildman–Crippen LogP) is 3.60. The monoisotopic (exact) mass is 423 g/mol. The van der Waals surface area contributed by atoms with Crippen molar-refractivity contribution in [3.8, 4) is 0 Å². The summed E-state index contributed by atoms with van der Waals surface area (Å²) in [5.74, 6) is 1.65. The Labute approximate surface area is 147 Å². The van der Waals surface area contributed by atoms with E-state index < -0.39 is 0 Å². The Morgan fingerprint density at radius 3 is 2.71 bits per heavy atom. The van der Waals surface area contributed by atoms with Gasteiger partial charge in [-0.3, -0.25) is 4.99 Å². The molecule has 1 fully saturated rings. The van der Waals surface area contributed by atoms with E-state index in [1.165, 1.54) is 30.7 Å². The summed E-state index contributed by atoms with van der Waals surface area (Å²) in [7, 11) is 0. The standard InChI is InChI=1S/C15H22FN3S.HI/c1-2-17-15(19-10-5-6-11-19)18-9-12-20-14-8-4-3-7-13(14)16;/h3-4,7-8H,2,5-6,9-12H2,1H3,(H,17,18);1H. The molecule has 3 nitrogen and oxygen atoms in total. The van der Waals surface area contributed by atoms with E-state index in [2.05, 4.69) is 22.1 Å². The van der Waals surface area contributed by atoms with Gasteiger partial charge in [0.2, 0.25) is 0 Å². The third-order valence-corrected chi connectivity index (χ3v) is 4.22. The molecule has 1 N–H and O–H groups in total. The molecule has 0 amide bonds. The van der Waals surface area contributed by atoms with Gasteiger partial charge >= 0.3 is 0 Å². The van der Waals surface area contributed by atoms with Crippen molar-refractivity contribution in [1.29, 1.82) is 0 Å². The minimum absolute atomic E-state index is 0. The van der Waals surface area contributed by atoms with E-state index >= 15 is 0 Å². The molecule has 6 heteroatoms. The molecule has 0 bridgehead atoms. The summed E-state index contributed by atoms with van der Waals surface area (Å²) in [5.41, 5.74) is 0. The van der Waals surface area contributed by atoms with E-state index in [4.69, 9.17) is 0 Å². The van der Waals surface area contributed by atoms with Crippen LogP contribution in [0.3, 0.4) is 0 Å². The van der Waals surface area contributed by atoms with Gasteiger partial charge in [0.15, 0.2) is 5.96 Å². The largest absolute Gasteiger partial charge is 0.357 e. The maximum absolute atomic E-state index is 13.5. The fourth-order valence-corrected chi connectivity index (χ4v) is 3.01. The van der Waals surface area contributed by atoms with Gasteiger partial charge in [0, 0.05) is 30.3 Å². The molecule has 1 aromatic carbocycles. The second kappa shape index (κ2) is 10.3. The lowest BCUT2D eigenvalue weighted by Gasteiger charge is -2.20. The summed E-state index contributed by atoms with van der Waals surface area (Å²) in [6.07, 6.45) is 2.49. The normalized spacial score (nSPS) is 15.0. The van der Waals surface area contributed by atoms with Gasteiger partial charge in [-0.05, 0) is 31.9 Å². The maximum atomic E-state index is 13.5. The smallest absolute Gasteiger partial charge is 0.193 e. The van der Waals surface area contributed by atoms with Gasteiger partial charge in [0.25, 0.3) is 0 Å². The molecule has 0 spiro atoms. The van der Waals surface area contributed by atoms with Crippen LogP contribution >= 0.6 is 35.7 Å². The van der Waals surface area contributed by atoms with Gasteiger partial charge in [0.05, 0.1) is 6.54 Å². The number of likely N-dealkylation sites (tertiary alicyclic amines) is 1. The van der Waals surface area contributed by atoms with Crippen LogP contribution in [-0.2, 0) is 0 Å². The lowest BCUT2D eigenvalue weighted by Crippen LogP contribution is -2.39. The summed E-state index contributed by atoms with van der Waals surface area (Å²) in [5, 5.41) is 3.33. The highest BCUT2D eigenvalue weighted by atomic mass is 127. The average Bonchev–Trinajstić information content (AvgIpc) is 2.98. The highest BCUT2D eigenvalue weighted by Gasteiger charge is 2.15. The first kappa shape index (κ1) is 18.5. The lowest BCUT2D eigenvalue weighted by molar-refractivity contribution is 0.494. The van der Waals surface area contributed by atoms with Crippen LogP contribution in [0.1, 0.15) is 19.8 Å². The number of aliphatic imine (C=N–C) groups is 1. The molecule has 2 rings (SSSR count). The summed E-state index contributed by atoms with van der Waals surface area (Å²) in [6.45, 7) is 5.85. The Morgan fingerprint density at radius 1 is 1.33 bits per heavy atom. The van der Waals surface area contributed by atoms with Crippen LogP contribution in [0.4, 0.5) is 4.39 Å². The molecule has 1 aliphatic heterocycles. The molecule has 0 atom stereocenters. The van der Waals surface area contributed by atoms with E-state index in [-0.39, 0.29) is 29.8 Å². The molecule has 0 aromatic heterocycles. The van der Waals surface area contributed by atoms with Crippen molar-refractivity contribution in [2.24, 2.45) is 4.99 Å². The highest BCUT2D eigenvalue weighted by Crippen LogP contribution is 2.20. The number of rotatable bonds is 5. The van der Waals surface area contributed by atoms with E-state index in [9.17, 15) is 4.39 Å². The van der Waals surface area contributed by atoms with Crippen molar-refractivity contribution in [2.45, 2.75) is 24.7 Å². The summed E-state index contributed by atoms with van der Waals surface area (Å²) in [6, 6.07) is 6.90. The Bertz CT molecular complexity index is 450. The number of hydrogen-bond acceptors (Lipinski definition) is 2. The molecule has 1 aliphatic rings. The van der Waals surface area contributed by atoms with Crippen LogP contribution in [0.25, 0.3) is 0 Å². The highest BCUT2D eigenvalue weighted by molar-refractivity contribution is 14.0. The van der Waals surface area contributed by atoms with Gasteiger partial charge in [-0.2, -0.15) is 0 Å². The Kier molecular flexibility index (Phi) is 9.07. The number of thioether (sulfide) groups is 1. The van der Waals surface area contributed by atoms with Crippen LogP contribution in [0.5, 0.6) is 0 Å². The zero-order chi connectivity index (χ0) is 14.2. The quantitative estimate of drug-likeness (QED) is 0.258. The SMILES string of the molecule is CCNC(=NCCSc1ccccc1F)N1CCCC1.I. The predicted molar refractivity (Wildman–Crippen MR) is 99.3 cm³/mol. The molecule has 0 saturated carbocycles. The van der Waals surface area contributed by atoms with Crippen molar-refractivity contribution in [3.05, 3.63) is 30.1 Å². The lowest BCUT2D eigenvalue weighted by atomic mass is 10.3. The maximum Gasteiger partial charge on any atom is 0.193 e. The Morgan fingerprint density at radius 2 is 2.05 bits per heavy atom. The molecule has 0 aliphatic carbocycles. The van der Waals surface area contributed by atoms with Crippen LogP contribution < -0.4 is 5.32 Å². The van der Waals surface area contributed by atoms with Crippen molar-refractivity contribution < 1.29 is 4.39 Å². The minimum Gasteiger partial charge on any atom is -0.357 e. The number of halogens is 2. The second-order valence-corrected chi connectivity index (χ2v) is 5.85. The summed E-state index contributed by atoms with van der Waals surface area (Å²) < 4.78 is 13.5. The topological polar surface area (TPSA) is 27.6 Å². The second-order valence-electron chi connectivity index (χ2n) is 4.71. The van der Waals surface area contributed by atoms with Crippen LogP contribution in [0.15, 0.2) is 34.2 Å². The first-order valence-corrected chi connectivity index (χ1v) is 8.20. The number of guanidine groups is 1. The average molecular weight is 423 g/mol. The molecule has 0 unspecified atom stereocenters. The molecular weight excluding hydrogens is 400 g/mol. The van der Waals surface area contributed by atoms with Gasteiger partial charge in [0.1, 0.15) is 5.82 Å². The van der Waals surface area contributed by atoms with E-state index in [0.29, 0.717) is 11.4 Å². The number of benzene rings is 1. The van der Waals surface area contributed by atoms with Crippen LogP contribution in [-0.4, -0.2) is 42.8 Å². The van der Waals surface area contributed by atoms with Gasteiger partial charge in [-0.1, -0.05) is 12.1 Å². The van der Waals surface area contributed by atoms with Crippen molar-refractivity contribution in [2.75, 3.05) is 31.9 Å². The molecule has 1 saturated heterocycles. The number of nitrogens with one attached hydrogen (secondary N) is 1. The van der Waals surface area contributed by atoms with Crippen molar-refractivity contribution >= 4 is 41.7 Å². The first-order valence-electron chi connectivity index (χ1n) is 7.22. The molecule has 0 radical (unpaired) electrons. The van der Waals surface area contributed by atoms with Crippen LogP contribution in [0.2, 0.25) is 0 Å². The molecule has 118 valence electrons. The van der Waals surface area contributed by atoms with Crippen LogP contribution in [0, 0.1) is 5.82 Å². The fraction of sp³-hybridized carbons (Fsp3) is 0.533. The summed E-state index contributed by atoms with van der Waals surface area (Å²) >= 11 is 1.52. The third kappa shape index (κ3) is 6.02. The number of hydrogen-bond donors (Lipinski definition) is 1. The minimum atomic E-state index is -0.145. The summed E-state index contributed by atoms with van der Waals surface area (Å²) in [4.78, 5) is 7.63. The van der Waals surface area contributed by atoms with Gasteiger partial charge in [-0.15, -0.1) is 35.7 Å². The fourth-order valence-electron chi connectivity index (χ4n) is 2.22. The zero-order valence-corrected chi connectivity index (χ0v) is 15.5. The molecular formula is C15H23FIN3S. The first-order chi connectivity index (χ1) is 9.81. The van der Waals surface area contributed by atoms with E-state index in [0.717, 1.165) is 31.3 Å².